The van der Waals surface area contributed by atoms with Gasteiger partial charge in [0.25, 0.3) is 0 Å². The second kappa shape index (κ2) is 5.78. The molecule has 0 atom stereocenters. The van der Waals surface area contributed by atoms with Gasteiger partial charge in [-0.25, -0.2) is 8.42 Å². The average Bonchev–Trinajstić information content (AvgIpc) is 2.91. The molecule has 0 saturated heterocycles. The molecule has 0 radical (unpaired) electrons. The molecule has 0 unspecified atom stereocenters. The minimum atomic E-state index is -3.54. The van der Waals surface area contributed by atoms with Gasteiger partial charge in [-0.15, -0.1) is 0 Å². The summed E-state index contributed by atoms with van der Waals surface area (Å²) in [6, 6.07) is 8.62. The van der Waals surface area contributed by atoms with Crippen molar-refractivity contribution in [2.75, 3.05) is 7.05 Å². The maximum absolute atomic E-state index is 12.5. The maximum Gasteiger partial charge on any atom is 0.243 e. The molecule has 1 aromatic carbocycles. The molecule has 20 heavy (non-hydrogen) atoms. The molecule has 0 bridgehead atoms. The highest BCUT2D eigenvalue weighted by Crippen LogP contribution is 2.21. The van der Waals surface area contributed by atoms with E-state index >= 15 is 0 Å². The first-order valence-corrected chi connectivity index (χ1v) is 7.67. The average molecular weight is 294 g/mol. The first kappa shape index (κ1) is 14.8. The monoisotopic (exact) mass is 294 g/mol. The summed E-state index contributed by atoms with van der Waals surface area (Å²) in [5.74, 6) is 0.604. The topological polar surface area (TPSA) is 76.5 Å². The minimum Gasteiger partial charge on any atom is -0.468 e. The van der Waals surface area contributed by atoms with Crippen molar-refractivity contribution in [3.63, 3.8) is 0 Å². The quantitative estimate of drug-likeness (QED) is 0.913. The maximum atomic E-state index is 12.5. The van der Waals surface area contributed by atoms with Crippen LogP contribution in [-0.2, 0) is 23.1 Å². The molecule has 1 aromatic heterocycles. The molecule has 2 rings (SSSR count). The van der Waals surface area contributed by atoms with Crippen LogP contribution >= 0.6 is 0 Å². The fraction of sp³-hybridized carbons (Fsp3) is 0.286. The van der Waals surface area contributed by atoms with E-state index < -0.39 is 10.0 Å². The highest BCUT2D eigenvalue weighted by atomic mass is 32.2. The Kier molecular flexibility index (Phi) is 4.27. The van der Waals surface area contributed by atoms with Crippen LogP contribution in [0.2, 0.25) is 0 Å². The van der Waals surface area contributed by atoms with Crippen molar-refractivity contribution in [1.82, 2.24) is 4.31 Å². The zero-order chi connectivity index (χ0) is 14.8. The Morgan fingerprint density at radius 1 is 1.30 bits per heavy atom. The van der Waals surface area contributed by atoms with E-state index in [1.165, 1.54) is 17.6 Å². The third-order valence-electron chi connectivity index (χ3n) is 3.12. The number of sulfonamides is 1. The van der Waals surface area contributed by atoms with Gasteiger partial charge >= 0.3 is 0 Å². The standard InChI is InChI=1S/C14H18N2O3S/c1-11-8-12(9-15)5-6-14(11)20(17,18)16(2)10-13-4-3-7-19-13/h3-8H,9-10,15H2,1-2H3. The number of rotatable bonds is 5. The van der Waals surface area contributed by atoms with Crippen molar-refractivity contribution >= 4 is 10.0 Å². The molecule has 0 aliphatic carbocycles. The Hall–Kier alpha value is -1.63. The molecule has 2 aromatic rings. The SMILES string of the molecule is Cc1cc(CN)ccc1S(=O)(=O)N(C)Cc1ccco1. The van der Waals surface area contributed by atoms with Crippen LogP contribution in [0.15, 0.2) is 45.9 Å². The van der Waals surface area contributed by atoms with E-state index in [1.807, 2.05) is 0 Å². The molecule has 0 fully saturated rings. The molecule has 5 nitrogen and oxygen atoms in total. The first-order chi connectivity index (χ1) is 9.45. The number of hydrogen-bond acceptors (Lipinski definition) is 4. The van der Waals surface area contributed by atoms with Gasteiger partial charge in [0.2, 0.25) is 10.0 Å². The molecule has 0 amide bonds. The van der Waals surface area contributed by atoms with Gasteiger partial charge in [0.05, 0.1) is 17.7 Å². The van der Waals surface area contributed by atoms with E-state index in [-0.39, 0.29) is 6.54 Å². The van der Waals surface area contributed by atoms with E-state index in [1.54, 1.807) is 37.3 Å². The summed E-state index contributed by atoms with van der Waals surface area (Å²) >= 11 is 0. The molecule has 6 heteroatoms. The first-order valence-electron chi connectivity index (χ1n) is 6.23. The summed E-state index contributed by atoms with van der Waals surface area (Å²) in [6.07, 6.45) is 1.52. The number of hydrogen-bond donors (Lipinski definition) is 1. The molecule has 0 spiro atoms. The molecule has 108 valence electrons. The van der Waals surface area contributed by atoms with E-state index in [4.69, 9.17) is 10.2 Å². The van der Waals surface area contributed by atoms with Gasteiger partial charge in [0, 0.05) is 13.6 Å². The molecular weight excluding hydrogens is 276 g/mol. The second-order valence-electron chi connectivity index (χ2n) is 4.64. The summed E-state index contributed by atoms with van der Waals surface area (Å²) in [6.45, 7) is 2.36. The molecule has 1 heterocycles. The van der Waals surface area contributed by atoms with E-state index in [0.29, 0.717) is 22.8 Å². The summed E-state index contributed by atoms with van der Waals surface area (Å²) in [5, 5.41) is 0. The van der Waals surface area contributed by atoms with Crippen LogP contribution < -0.4 is 5.73 Å². The number of benzene rings is 1. The van der Waals surface area contributed by atoms with Gasteiger partial charge in [0.1, 0.15) is 5.76 Å². The second-order valence-corrected chi connectivity index (χ2v) is 6.66. The van der Waals surface area contributed by atoms with Crippen molar-refractivity contribution in [3.8, 4) is 0 Å². The zero-order valence-corrected chi connectivity index (χ0v) is 12.4. The van der Waals surface area contributed by atoms with Gasteiger partial charge in [-0.2, -0.15) is 4.31 Å². The lowest BCUT2D eigenvalue weighted by Crippen LogP contribution is -2.27. The van der Waals surface area contributed by atoms with Crippen molar-refractivity contribution in [1.29, 1.82) is 0 Å². The largest absolute Gasteiger partial charge is 0.468 e. The van der Waals surface area contributed by atoms with Gasteiger partial charge in [0.15, 0.2) is 0 Å². The van der Waals surface area contributed by atoms with Crippen molar-refractivity contribution in [2.24, 2.45) is 5.73 Å². The summed E-state index contributed by atoms with van der Waals surface area (Å²) < 4.78 is 31.5. The molecule has 0 saturated carbocycles. The highest BCUT2D eigenvalue weighted by Gasteiger charge is 2.23. The van der Waals surface area contributed by atoms with Gasteiger partial charge < -0.3 is 10.2 Å². The summed E-state index contributed by atoms with van der Waals surface area (Å²) in [4.78, 5) is 0.295. The van der Waals surface area contributed by atoms with Crippen LogP contribution in [0.4, 0.5) is 0 Å². The molecule has 0 aliphatic rings. The minimum absolute atomic E-state index is 0.202. The smallest absolute Gasteiger partial charge is 0.243 e. The highest BCUT2D eigenvalue weighted by molar-refractivity contribution is 7.89. The predicted octanol–water partition coefficient (Wildman–Crippen LogP) is 1.87. The predicted molar refractivity (Wildman–Crippen MR) is 76.4 cm³/mol. The summed E-state index contributed by atoms with van der Waals surface area (Å²) in [7, 11) is -2.00. The normalized spacial score (nSPS) is 12.0. The van der Waals surface area contributed by atoms with Crippen LogP contribution in [0.3, 0.4) is 0 Å². The van der Waals surface area contributed by atoms with Crippen molar-refractivity contribution in [3.05, 3.63) is 53.5 Å². The Morgan fingerprint density at radius 2 is 2.05 bits per heavy atom. The van der Waals surface area contributed by atoms with Gasteiger partial charge in [-0.1, -0.05) is 12.1 Å². The van der Waals surface area contributed by atoms with Gasteiger partial charge in [-0.3, -0.25) is 0 Å². The van der Waals surface area contributed by atoms with Crippen LogP contribution in [-0.4, -0.2) is 19.8 Å². The van der Waals surface area contributed by atoms with Crippen LogP contribution in [0.5, 0.6) is 0 Å². The molecule has 2 N–H and O–H groups in total. The molecular formula is C14H18N2O3S. The summed E-state index contributed by atoms with van der Waals surface area (Å²) in [5.41, 5.74) is 7.16. The number of aryl methyl sites for hydroxylation is 1. The fourth-order valence-corrected chi connectivity index (χ4v) is 3.34. The Labute approximate surface area is 119 Å². The zero-order valence-electron chi connectivity index (χ0n) is 11.5. The van der Waals surface area contributed by atoms with Crippen LogP contribution in [0.1, 0.15) is 16.9 Å². The lowest BCUT2D eigenvalue weighted by atomic mass is 10.1. The molecule has 0 aliphatic heterocycles. The van der Waals surface area contributed by atoms with Crippen molar-refractivity contribution < 1.29 is 12.8 Å². The van der Waals surface area contributed by atoms with Crippen LogP contribution in [0, 0.1) is 6.92 Å². The third-order valence-corrected chi connectivity index (χ3v) is 5.09. The van der Waals surface area contributed by atoms with Crippen molar-refractivity contribution in [2.45, 2.75) is 24.9 Å². The number of furan rings is 1. The van der Waals surface area contributed by atoms with Gasteiger partial charge in [-0.05, 0) is 36.2 Å². The Balaban J connectivity index is 2.30. The van der Waals surface area contributed by atoms with Crippen LogP contribution in [0.25, 0.3) is 0 Å². The van der Waals surface area contributed by atoms with E-state index in [9.17, 15) is 8.42 Å². The van der Waals surface area contributed by atoms with E-state index in [2.05, 4.69) is 0 Å². The lowest BCUT2D eigenvalue weighted by molar-refractivity contribution is 0.406. The Bertz CT molecular complexity index is 678. The Morgan fingerprint density at radius 3 is 2.60 bits per heavy atom. The van der Waals surface area contributed by atoms with E-state index in [0.717, 1.165) is 5.56 Å². The number of nitrogens with zero attached hydrogens (tertiary/aromatic N) is 1. The lowest BCUT2D eigenvalue weighted by Gasteiger charge is -2.17. The fourth-order valence-electron chi connectivity index (χ4n) is 2.00. The third kappa shape index (κ3) is 2.92. The number of nitrogens with two attached hydrogens (primary N) is 1.